The second-order valence-corrected chi connectivity index (χ2v) is 10.9. The third-order valence-electron chi connectivity index (χ3n) is 4.88. The van der Waals surface area contributed by atoms with Crippen LogP contribution in [0.25, 0.3) is 0 Å². The van der Waals surface area contributed by atoms with Crippen LogP contribution in [0.2, 0.25) is 0 Å². The van der Waals surface area contributed by atoms with Crippen molar-refractivity contribution in [3.05, 3.63) is 29.3 Å². The fourth-order valence-electron chi connectivity index (χ4n) is 2.91. The van der Waals surface area contributed by atoms with Gasteiger partial charge in [-0.2, -0.15) is 0 Å². The summed E-state index contributed by atoms with van der Waals surface area (Å²) in [5, 5.41) is 0. The Labute approximate surface area is 166 Å². The summed E-state index contributed by atoms with van der Waals surface area (Å²) >= 11 is 0. The quantitative estimate of drug-likeness (QED) is 0.455. The van der Waals surface area contributed by atoms with Gasteiger partial charge in [0, 0.05) is 5.56 Å². The van der Waals surface area contributed by atoms with Gasteiger partial charge in [-0.25, -0.2) is 4.57 Å². The lowest BCUT2D eigenvalue weighted by Gasteiger charge is -2.28. The molecule has 0 aliphatic heterocycles. The minimum atomic E-state index is -4.17. The fourth-order valence-corrected chi connectivity index (χ4v) is 3.77. The third kappa shape index (κ3) is 7.97. The minimum Gasteiger partial charge on any atom is -0.404 e. The molecule has 2 atom stereocenters. The first kappa shape index (κ1) is 24.2. The molecule has 1 N–H and O–H groups in total. The molecule has 0 aromatic heterocycles. The largest absolute Gasteiger partial charge is 0.527 e. The molecule has 0 heterocycles. The van der Waals surface area contributed by atoms with E-state index in [0.717, 1.165) is 31.2 Å². The van der Waals surface area contributed by atoms with E-state index in [9.17, 15) is 9.46 Å². The number of rotatable bonds is 9. The fraction of sp³-hybridized carbons (Fsp3) is 0.727. The number of phosphoric acid groups is 1. The average molecular weight is 399 g/mol. The van der Waals surface area contributed by atoms with Gasteiger partial charge >= 0.3 is 7.82 Å². The van der Waals surface area contributed by atoms with Gasteiger partial charge in [-0.3, -0.25) is 9.42 Å². The number of unbranched alkanes of at least 4 members (excludes halogenated alkanes) is 1. The SMILES string of the molecule is CCCCC(CC)COP(=O)(O)Oc1ccc(C(C)(C)C)cc1C(C)(C)C. The Hall–Kier alpha value is -0.830. The van der Waals surface area contributed by atoms with Crippen molar-refractivity contribution in [3.8, 4) is 5.75 Å². The molecule has 0 aliphatic carbocycles. The molecule has 0 saturated carbocycles. The highest BCUT2D eigenvalue weighted by atomic mass is 31.2. The van der Waals surface area contributed by atoms with Crippen molar-refractivity contribution in [1.82, 2.24) is 0 Å². The van der Waals surface area contributed by atoms with Gasteiger partial charge in [0.25, 0.3) is 0 Å². The van der Waals surface area contributed by atoms with E-state index in [0.29, 0.717) is 5.75 Å². The molecule has 0 bridgehead atoms. The van der Waals surface area contributed by atoms with Gasteiger partial charge in [0.1, 0.15) is 5.75 Å². The topological polar surface area (TPSA) is 55.8 Å². The minimum absolute atomic E-state index is 0.00837. The number of benzene rings is 1. The molecule has 0 fully saturated rings. The average Bonchev–Trinajstić information content (AvgIpc) is 2.53. The van der Waals surface area contributed by atoms with Crippen molar-refractivity contribution in [2.75, 3.05) is 6.61 Å². The molecule has 0 radical (unpaired) electrons. The molecule has 0 saturated heterocycles. The second kappa shape index (κ2) is 9.58. The summed E-state index contributed by atoms with van der Waals surface area (Å²) in [4.78, 5) is 10.3. The van der Waals surface area contributed by atoms with Crippen molar-refractivity contribution in [1.29, 1.82) is 0 Å². The Balaban J connectivity index is 3.00. The zero-order valence-corrected chi connectivity index (χ0v) is 19.4. The lowest BCUT2D eigenvalue weighted by atomic mass is 9.80. The first-order chi connectivity index (χ1) is 12.3. The lowest BCUT2D eigenvalue weighted by molar-refractivity contribution is 0.165. The molecular formula is C22H39O4P. The predicted octanol–water partition coefficient (Wildman–Crippen LogP) is 6.99. The molecule has 156 valence electrons. The highest BCUT2D eigenvalue weighted by Gasteiger charge is 2.29. The van der Waals surface area contributed by atoms with E-state index in [1.54, 1.807) is 6.07 Å². The molecule has 0 aliphatic rings. The molecule has 1 rings (SSSR count). The zero-order chi connectivity index (χ0) is 20.9. The Bertz CT molecular complexity index is 641. The van der Waals surface area contributed by atoms with Gasteiger partial charge < -0.3 is 4.52 Å². The zero-order valence-electron chi connectivity index (χ0n) is 18.5. The van der Waals surface area contributed by atoms with Gasteiger partial charge in [0.15, 0.2) is 0 Å². The highest BCUT2D eigenvalue weighted by molar-refractivity contribution is 7.47. The first-order valence-electron chi connectivity index (χ1n) is 10.1. The molecule has 4 nitrogen and oxygen atoms in total. The van der Waals surface area contributed by atoms with Crippen LogP contribution in [0.1, 0.15) is 92.2 Å². The summed E-state index contributed by atoms with van der Waals surface area (Å²) < 4.78 is 23.4. The molecule has 1 aromatic rings. The lowest BCUT2D eigenvalue weighted by Crippen LogP contribution is -2.17. The number of hydrogen-bond acceptors (Lipinski definition) is 3. The molecule has 0 amide bonds. The third-order valence-corrected chi connectivity index (χ3v) is 5.79. The second-order valence-electron chi connectivity index (χ2n) is 9.48. The van der Waals surface area contributed by atoms with Crippen molar-refractivity contribution in [2.45, 2.75) is 91.9 Å². The van der Waals surface area contributed by atoms with E-state index in [-0.39, 0.29) is 23.4 Å². The summed E-state index contributed by atoms with van der Waals surface area (Å²) in [5.74, 6) is 0.697. The van der Waals surface area contributed by atoms with Crippen LogP contribution in [0.15, 0.2) is 18.2 Å². The Kier molecular flexibility index (Phi) is 8.59. The molecule has 2 unspecified atom stereocenters. The van der Waals surface area contributed by atoms with Crippen molar-refractivity contribution in [3.63, 3.8) is 0 Å². The maximum absolute atomic E-state index is 12.5. The van der Waals surface area contributed by atoms with Crippen LogP contribution >= 0.6 is 7.82 Å². The summed E-state index contributed by atoms with van der Waals surface area (Å²) in [6, 6.07) is 5.83. The van der Waals surface area contributed by atoms with Crippen LogP contribution in [0.3, 0.4) is 0 Å². The van der Waals surface area contributed by atoms with E-state index in [2.05, 4.69) is 61.5 Å². The van der Waals surface area contributed by atoms with E-state index >= 15 is 0 Å². The maximum atomic E-state index is 12.5. The Morgan fingerprint density at radius 2 is 1.70 bits per heavy atom. The summed E-state index contributed by atoms with van der Waals surface area (Å²) in [6.45, 7) is 17.1. The van der Waals surface area contributed by atoms with Crippen LogP contribution in [0.4, 0.5) is 0 Å². The summed E-state index contributed by atoms with van der Waals surface area (Å²) in [6.07, 6.45) is 4.13. The van der Waals surface area contributed by atoms with Crippen molar-refractivity contribution >= 4 is 7.82 Å². The van der Waals surface area contributed by atoms with Crippen molar-refractivity contribution < 1.29 is 18.5 Å². The van der Waals surface area contributed by atoms with Crippen LogP contribution in [0.5, 0.6) is 5.75 Å². The summed E-state index contributed by atoms with van der Waals surface area (Å²) in [5.41, 5.74) is 1.85. The normalized spacial score (nSPS) is 16.0. The van der Waals surface area contributed by atoms with Crippen LogP contribution in [-0.2, 0) is 19.9 Å². The highest BCUT2D eigenvalue weighted by Crippen LogP contribution is 2.48. The summed E-state index contributed by atoms with van der Waals surface area (Å²) in [7, 11) is -4.17. The standard InChI is InChI=1S/C22H39O4P/c1-9-11-12-17(10-2)16-25-27(23,24)26-20-14-13-18(21(3,4)5)15-19(20)22(6,7)8/h13-15,17H,9-12,16H2,1-8H3,(H,23,24). The molecule has 5 heteroatoms. The molecular weight excluding hydrogens is 359 g/mol. The van der Waals surface area contributed by atoms with Crippen LogP contribution in [0, 0.1) is 5.92 Å². The van der Waals surface area contributed by atoms with Gasteiger partial charge in [0.2, 0.25) is 0 Å². The van der Waals surface area contributed by atoms with Gasteiger partial charge in [-0.05, 0) is 34.8 Å². The monoisotopic (exact) mass is 398 g/mol. The van der Waals surface area contributed by atoms with Crippen LogP contribution < -0.4 is 4.52 Å². The van der Waals surface area contributed by atoms with E-state index in [1.807, 2.05) is 6.07 Å². The van der Waals surface area contributed by atoms with Gasteiger partial charge in [-0.15, -0.1) is 0 Å². The van der Waals surface area contributed by atoms with Gasteiger partial charge in [-0.1, -0.05) is 86.8 Å². The van der Waals surface area contributed by atoms with E-state index < -0.39 is 7.82 Å². The number of phosphoric ester groups is 1. The molecule has 0 spiro atoms. The Morgan fingerprint density at radius 1 is 1.07 bits per heavy atom. The van der Waals surface area contributed by atoms with E-state index in [4.69, 9.17) is 9.05 Å². The first-order valence-corrected chi connectivity index (χ1v) is 11.6. The van der Waals surface area contributed by atoms with Gasteiger partial charge in [0.05, 0.1) is 6.61 Å². The molecule has 1 aromatic carbocycles. The predicted molar refractivity (Wildman–Crippen MR) is 114 cm³/mol. The maximum Gasteiger partial charge on any atom is 0.527 e. The smallest absolute Gasteiger partial charge is 0.404 e. The number of hydrogen-bond donors (Lipinski definition) is 1. The molecule has 27 heavy (non-hydrogen) atoms. The van der Waals surface area contributed by atoms with Crippen molar-refractivity contribution in [2.24, 2.45) is 5.92 Å². The van der Waals surface area contributed by atoms with E-state index in [1.165, 1.54) is 5.56 Å². The van der Waals surface area contributed by atoms with Crippen LogP contribution in [-0.4, -0.2) is 11.5 Å². The Morgan fingerprint density at radius 3 is 2.19 bits per heavy atom.